The van der Waals surface area contributed by atoms with Crippen LogP contribution in [-0.2, 0) is 0 Å². The van der Waals surface area contributed by atoms with Gasteiger partial charge < -0.3 is 0 Å². The van der Waals surface area contributed by atoms with Crippen LogP contribution in [0.1, 0.15) is 11.1 Å². The molecule has 0 aromatic heterocycles. The molecule has 0 atom stereocenters. The second-order valence-corrected chi connectivity index (χ2v) is 3.21. The van der Waals surface area contributed by atoms with E-state index in [1.807, 2.05) is 0 Å². The lowest BCUT2D eigenvalue weighted by molar-refractivity contribution is 0.625. The number of benzene rings is 1. The first-order valence-corrected chi connectivity index (χ1v) is 4.49. The van der Waals surface area contributed by atoms with E-state index in [0.717, 1.165) is 0 Å². The number of anilines is 1. The van der Waals surface area contributed by atoms with Gasteiger partial charge in [-0.3, -0.25) is 5.43 Å². The lowest BCUT2D eigenvalue weighted by atomic mass is 10.1. The van der Waals surface area contributed by atoms with Crippen molar-refractivity contribution < 1.29 is 4.39 Å². The molecule has 0 unspecified atom stereocenters. The van der Waals surface area contributed by atoms with Crippen LogP contribution in [0, 0.1) is 42.3 Å². The van der Waals surface area contributed by atoms with E-state index in [1.165, 1.54) is 12.1 Å². The highest BCUT2D eigenvalue weighted by Crippen LogP contribution is 2.21. The summed E-state index contributed by atoms with van der Waals surface area (Å²) < 4.78 is 13.0. The minimum Gasteiger partial charge on any atom is -0.276 e. The largest absolute Gasteiger partial charge is 0.276 e. The van der Waals surface area contributed by atoms with Crippen molar-refractivity contribution in [2.45, 2.75) is 13.8 Å². The van der Waals surface area contributed by atoms with Crippen LogP contribution in [0.2, 0.25) is 0 Å². The number of nitrogens with zero attached hydrogens (tertiary/aromatic N) is 3. The van der Waals surface area contributed by atoms with E-state index < -0.39 is 0 Å². The number of nitrogens with one attached hydrogen (secondary N) is 1. The minimum absolute atomic E-state index is 0.275. The van der Waals surface area contributed by atoms with E-state index in [9.17, 15) is 4.39 Å². The average molecular weight is 216 g/mol. The Morgan fingerprint density at radius 3 is 2.19 bits per heavy atom. The molecule has 0 aliphatic rings. The highest BCUT2D eigenvalue weighted by molar-refractivity contribution is 6.10. The second kappa shape index (κ2) is 4.90. The van der Waals surface area contributed by atoms with Gasteiger partial charge in [0.15, 0.2) is 0 Å². The van der Waals surface area contributed by atoms with Crippen LogP contribution in [0.25, 0.3) is 0 Å². The highest BCUT2D eigenvalue weighted by Gasteiger charge is 2.04. The Bertz CT molecular complexity index is 481. The maximum atomic E-state index is 13.0. The summed E-state index contributed by atoms with van der Waals surface area (Å²) in [6.45, 7) is 3.43. The molecule has 0 saturated heterocycles. The van der Waals surface area contributed by atoms with Crippen molar-refractivity contribution >= 4 is 11.4 Å². The van der Waals surface area contributed by atoms with Crippen molar-refractivity contribution in [2.24, 2.45) is 5.10 Å². The summed E-state index contributed by atoms with van der Waals surface area (Å²) in [5.74, 6) is -0.328. The molecule has 0 radical (unpaired) electrons. The van der Waals surface area contributed by atoms with Crippen molar-refractivity contribution in [3.05, 3.63) is 29.1 Å². The fourth-order valence-corrected chi connectivity index (χ4v) is 1.27. The maximum Gasteiger partial charge on any atom is 0.237 e. The van der Waals surface area contributed by atoms with Crippen LogP contribution in [-0.4, -0.2) is 5.71 Å². The predicted molar refractivity (Wildman–Crippen MR) is 58.2 cm³/mol. The fraction of sp³-hybridized carbons (Fsp3) is 0.182. The quantitative estimate of drug-likeness (QED) is 0.608. The average Bonchev–Trinajstić information content (AvgIpc) is 2.22. The number of nitriles is 2. The topological polar surface area (TPSA) is 72.0 Å². The van der Waals surface area contributed by atoms with Crippen molar-refractivity contribution in [2.75, 3.05) is 5.43 Å². The van der Waals surface area contributed by atoms with Crippen LogP contribution >= 0.6 is 0 Å². The molecule has 0 bridgehead atoms. The number of rotatable bonds is 2. The normalized spacial score (nSPS) is 8.81. The standard InChI is InChI=1S/C11H9FN4/c1-7-3-9(12)4-8(2)11(7)16-15-10(5-13)6-14/h3-4,16H,1-2H3. The van der Waals surface area contributed by atoms with Gasteiger partial charge in [-0.05, 0) is 37.1 Å². The summed E-state index contributed by atoms with van der Waals surface area (Å²) in [4.78, 5) is 0. The number of hydrogen-bond donors (Lipinski definition) is 1. The Morgan fingerprint density at radius 2 is 1.75 bits per heavy atom. The minimum atomic E-state index is -0.328. The molecule has 0 fully saturated rings. The van der Waals surface area contributed by atoms with E-state index >= 15 is 0 Å². The molecule has 1 rings (SSSR count). The van der Waals surface area contributed by atoms with E-state index in [4.69, 9.17) is 10.5 Å². The predicted octanol–water partition coefficient (Wildman–Crippen LogP) is 2.26. The molecule has 4 nitrogen and oxygen atoms in total. The van der Waals surface area contributed by atoms with E-state index in [1.54, 1.807) is 26.0 Å². The molecule has 1 aromatic carbocycles. The van der Waals surface area contributed by atoms with E-state index in [-0.39, 0.29) is 11.5 Å². The molecule has 80 valence electrons. The molecule has 1 N–H and O–H groups in total. The van der Waals surface area contributed by atoms with E-state index in [2.05, 4.69) is 10.5 Å². The van der Waals surface area contributed by atoms with Gasteiger partial charge >= 0.3 is 0 Å². The first kappa shape index (κ1) is 11.7. The summed E-state index contributed by atoms with van der Waals surface area (Å²) in [6, 6.07) is 5.95. The molecule has 0 heterocycles. The van der Waals surface area contributed by atoms with Gasteiger partial charge in [0.2, 0.25) is 5.71 Å². The van der Waals surface area contributed by atoms with Gasteiger partial charge in [0.25, 0.3) is 0 Å². The maximum absolute atomic E-state index is 13.0. The fourth-order valence-electron chi connectivity index (χ4n) is 1.27. The number of hydrazone groups is 1. The first-order chi connectivity index (χ1) is 7.58. The molecular formula is C11H9FN4. The Labute approximate surface area is 92.6 Å². The summed E-state index contributed by atoms with van der Waals surface area (Å²) in [6.07, 6.45) is 0. The second-order valence-electron chi connectivity index (χ2n) is 3.21. The third-order valence-electron chi connectivity index (χ3n) is 1.99. The molecule has 5 heteroatoms. The highest BCUT2D eigenvalue weighted by atomic mass is 19.1. The van der Waals surface area contributed by atoms with Crippen LogP contribution in [0.4, 0.5) is 10.1 Å². The van der Waals surface area contributed by atoms with Gasteiger partial charge in [-0.25, -0.2) is 4.39 Å². The molecule has 0 aliphatic carbocycles. The number of hydrogen-bond acceptors (Lipinski definition) is 4. The zero-order valence-electron chi connectivity index (χ0n) is 8.87. The lowest BCUT2D eigenvalue weighted by Crippen LogP contribution is -2.00. The summed E-state index contributed by atoms with van der Waals surface area (Å²) in [5, 5.41) is 20.6. The molecule has 0 amide bonds. The number of aryl methyl sites for hydroxylation is 2. The Balaban J connectivity index is 3.05. The Hall–Kier alpha value is -2.40. The smallest absolute Gasteiger partial charge is 0.237 e. The van der Waals surface area contributed by atoms with Crippen molar-refractivity contribution in [3.63, 3.8) is 0 Å². The van der Waals surface area contributed by atoms with Crippen LogP contribution in [0.5, 0.6) is 0 Å². The van der Waals surface area contributed by atoms with Crippen molar-refractivity contribution in [3.8, 4) is 12.1 Å². The van der Waals surface area contributed by atoms with Gasteiger partial charge in [-0.1, -0.05) is 0 Å². The lowest BCUT2D eigenvalue weighted by Gasteiger charge is -2.08. The summed E-state index contributed by atoms with van der Waals surface area (Å²) in [5.41, 5.74) is 4.24. The van der Waals surface area contributed by atoms with Crippen LogP contribution < -0.4 is 5.43 Å². The van der Waals surface area contributed by atoms with E-state index in [0.29, 0.717) is 16.8 Å². The molecule has 0 aliphatic heterocycles. The van der Waals surface area contributed by atoms with Gasteiger partial charge in [0, 0.05) is 0 Å². The molecule has 16 heavy (non-hydrogen) atoms. The zero-order chi connectivity index (χ0) is 12.1. The Morgan fingerprint density at radius 1 is 1.25 bits per heavy atom. The third-order valence-corrected chi connectivity index (χ3v) is 1.99. The first-order valence-electron chi connectivity index (χ1n) is 4.49. The molecule has 0 spiro atoms. The zero-order valence-corrected chi connectivity index (χ0v) is 8.87. The van der Waals surface area contributed by atoms with Gasteiger partial charge in [0.05, 0.1) is 5.69 Å². The SMILES string of the molecule is Cc1cc(F)cc(C)c1NN=C(C#N)C#N. The molecular weight excluding hydrogens is 207 g/mol. The van der Waals surface area contributed by atoms with Gasteiger partial charge in [-0.2, -0.15) is 15.6 Å². The third kappa shape index (κ3) is 2.55. The molecule has 0 saturated carbocycles. The van der Waals surface area contributed by atoms with Gasteiger partial charge in [-0.15, -0.1) is 0 Å². The summed E-state index contributed by atoms with van der Waals surface area (Å²) in [7, 11) is 0. The van der Waals surface area contributed by atoms with Crippen molar-refractivity contribution in [1.29, 1.82) is 10.5 Å². The monoisotopic (exact) mass is 216 g/mol. The van der Waals surface area contributed by atoms with Crippen LogP contribution in [0.3, 0.4) is 0 Å². The summed E-state index contributed by atoms with van der Waals surface area (Å²) >= 11 is 0. The van der Waals surface area contributed by atoms with Gasteiger partial charge in [0.1, 0.15) is 18.0 Å². The Kier molecular flexibility index (Phi) is 3.58. The number of halogens is 1. The van der Waals surface area contributed by atoms with Crippen LogP contribution in [0.15, 0.2) is 17.2 Å². The van der Waals surface area contributed by atoms with Crippen molar-refractivity contribution in [1.82, 2.24) is 0 Å². The molecule has 1 aromatic rings.